The Hall–Kier alpha value is -1.26. The molecule has 1 aromatic rings. The summed E-state index contributed by atoms with van der Waals surface area (Å²) in [5, 5.41) is 3.65. The molecule has 1 atom stereocenters. The molecule has 0 radical (unpaired) electrons. The second kappa shape index (κ2) is 6.46. The molecule has 20 heavy (non-hydrogen) atoms. The minimum Gasteiger partial charge on any atom is -0.490 e. The van der Waals surface area contributed by atoms with Gasteiger partial charge in [0.25, 0.3) is 0 Å². The molecular weight excluding hydrogens is 252 g/mol. The molecule has 0 aromatic heterocycles. The van der Waals surface area contributed by atoms with Crippen LogP contribution in [0.4, 0.5) is 0 Å². The zero-order valence-electron chi connectivity index (χ0n) is 12.2. The van der Waals surface area contributed by atoms with E-state index in [1.807, 2.05) is 6.07 Å². The molecule has 0 bridgehead atoms. The predicted molar refractivity (Wildman–Crippen MR) is 79.4 cm³/mol. The van der Waals surface area contributed by atoms with Crippen molar-refractivity contribution in [3.8, 4) is 11.5 Å². The highest BCUT2D eigenvalue weighted by molar-refractivity contribution is 5.43. The number of ether oxygens (including phenoxy) is 2. The molecule has 0 aliphatic carbocycles. The Morgan fingerprint density at radius 1 is 1.20 bits per heavy atom. The third-order valence-corrected chi connectivity index (χ3v) is 4.03. The molecule has 4 nitrogen and oxygen atoms in total. The van der Waals surface area contributed by atoms with E-state index < -0.39 is 0 Å². The monoisotopic (exact) mass is 276 g/mol. The lowest BCUT2D eigenvalue weighted by atomic mass is 10.1. The van der Waals surface area contributed by atoms with Crippen LogP contribution in [0.2, 0.25) is 0 Å². The van der Waals surface area contributed by atoms with E-state index in [0.717, 1.165) is 44.2 Å². The van der Waals surface area contributed by atoms with Crippen LogP contribution >= 0.6 is 0 Å². The lowest BCUT2D eigenvalue weighted by molar-refractivity contribution is 0.226. The molecule has 2 aliphatic rings. The van der Waals surface area contributed by atoms with Crippen LogP contribution in [0.3, 0.4) is 0 Å². The predicted octanol–water partition coefficient (Wildman–Crippen LogP) is 2.03. The van der Waals surface area contributed by atoms with Crippen molar-refractivity contribution in [2.75, 3.05) is 33.4 Å². The molecule has 2 aliphatic heterocycles. The van der Waals surface area contributed by atoms with Crippen LogP contribution in [0, 0.1) is 0 Å². The van der Waals surface area contributed by atoms with Gasteiger partial charge in [-0.25, -0.2) is 0 Å². The van der Waals surface area contributed by atoms with Crippen molar-refractivity contribution < 1.29 is 9.47 Å². The highest BCUT2D eigenvalue weighted by Gasteiger charge is 2.17. The van der Waals surface area contributed by atoms with E-state index in [-0.39, 0.29) is 0 Å². The van der Waals surface area contributed by atoms with Crippen LogP contribution < -0.4 is 14.8 Å². The van der Waals surface area contributed by atoms with Gasteiger partial charge < -0.3 is 19.7 Å². The van der Waals surface area contributed by atoms with Gasteiger partial charge in [-0.05, 0) is 44.1 Å². The number of hydrogen-bond acceptors (Lipinski definition) is 4. The second-order valence-corrected chi connectivity index (χ2v) is 5.81. The molecule has 1 unspecified atom stereocenters. The third kappa shape index (κ3) is 3.44. The molecule has 1 saturated heterocycles. The Labute approximate surface area is 121 Å². The molecule has 0 amide bonds. The van der Waals surface area contributed by atoms with Crippen LogP contribution in [-0.4, -0.2) is 44.3 Å². The van der Waals surface area contributed by atoms with E-state index in [0.29, 0.717) is 6.04 Å². The van der Waals surface area contributed by atoms with Crippen molar-refractivity contribution in [3.63, 3.8) is 0 Å². The molecular formula is C16H24N2O2. The Kier molecular flexibility index (Phi) is 4.43. The number of nitrogens with zero attached hydrogens (tertiary/aromatic N) is 1. The summed E-state index contributed by atoms with van der Waals surface area (Å²) in [4.78, 5) is 2.40. The average Bonchev–Trinajstić information content (AvgIpc) is 2.70. The summed E-state index contributed by atoms with van der Waals surface area (Å²) in [6, 6.07) is 6.88. The summed E-state index contributed by atoms with van der Waals surface area (Å²) >= 11 is 0. The largest absolute Gasteiger partial charge is 0.490 e. The second-order valence-electron chi connectivity index (χ2n) is 5.81. The maximum Gasteiger partial charge on any atom is 0.161 e. The van der Waals surface area contributed by atoms with Gasteiger partial charge in [0.2, 0.25) is 0 Å². The number of nitrogens with one attached hydrogen (secondary N) is 1. The molecule has 2 heterocycles. The fourth-order valence-corrected chi connectivity index (χ4v) is 2.91. The van der Waals surface area contributed by atoms with Crippen molar-refractivity contribution >= 4 is 0 Å². The lowest BCUT2D eigenvalue weighted by Crippen LogP contribution is -2.43. The number of benzene rings is 1. The summed E-state index contributed by atoms with van der Waals surface area (Å²) in [6.45, 7) is 4.76. The van der Waals surface area contributed by atoms with Gasteiger partial charge in [-0.1, -0.05) is 6.07 Å². The maximum absolute atomic E-state index is 5.74. The lowest BCUT2D eigenvalue weighted by Gasteiger charge is -2.30. The summed E-state index contributed by atoms with van der Waals surface area (Å²) < 4.78 is 11.4. The highest BCUT2D eigenvalue weighted by atomic mass is 16.5. The maximum atomic E-state index is 5.74. The Bertz CT molecular complexity index is 450. The fraction of sp³-hybridized carbons (Fsp3) is 0.625. The zero-order valence-corrected chi connectivity index (χ0v) is 12.2. The van der Waals surface area contributed by atoms with Crippen molar-refractivity contribution in [2.24, 2.45) is 0 Å². The van der Waals surface area contributed by atoms with Gasteiger partial charge in [0.1, 0.15) is 0 Å². The Balaban J connectivity index is 1.59. The van der Waals surface area contributed by atoms with Crippen LogP contribution in [0.1, 0.15) is 24.8 Å². The van der Waals surface area contributed by atoms with Gasteiger partial charge in [-0.15, -0.1) is 0 Å². The molecule has 1 aromatic carbocycles. The molecule has 1 N–H and O–H groups in total. The average molecular weight is 276 g/mol. The minimum absolute atomic E-state index is 0.602. The number of fused-ring (bicyclic) bond motifs is 1. The molecule has 0 spiro atoms. The van der Waals surface area contributed by atoms with Crippen LogP contribution in [0.5, 0.6) is 11.5 Å². The van der Waals surface area contributed by atoms with E-state index >= 15 is 0 Å². The number of hydrogen-bond donors (Lipinski definition) is 1. The van der Waals surface area contributed by atoms with E-state index in [9.17, 15) is 0 Å². The standard InChI is InChI=1S/C16H24N2O2/c1-18-7-2-4-14(12-18)17-11-13-5-6-15-16(10-13)20-9-3-8-19-15/h5-6,10,14,17H,2-4,7-9,11-12H2,1H3. The van der Waals surface area contributed by atoms with E-state index in [2.05, 4.69) is 29.4 Å². The fourth-order valence-electron chi connectivity index (χ4n) is 2.91. The molecule has 0 saturated carbocycles. The van der Waals surface area contributed by atoms with Gasteiger partial charge in [0, 0.05) is 25.6 Å². The molecule has 4 heteroatoms. The first-order valence-corrected chi connectivity index (χ1v) is 7.62. The Morgan fingerprint density at radius 3 is 2.90 bits per heavy atom. The summed E-state index contributed by atoms with van der Waals surface area (Å²) in [7, 11) is 2.20. The summed E-state index contributed by atoms with van der Waals surface area (Å²) in [6.07, 6.45) is 3.51. The Morgan fingerprint density at radius 2 is 2.05 bits per heavy atom. The number of rotatable bonds is 3. The quantitative estimate of drug-likeness (QED) is 0.916. The number of likely N-dealkylation sites (tertiary alicyclic amines) is 1. The van der Waals surface area contributed by atoms with Gasteiger partial charge in [-0.2, -0.15) is 0 Å². The van der Waals surface area contributed by atoms with Crippen molar-refractivity contribution in [1.82, 2.24) is 10.2 Å². The van der Waals surface area contributed by atoms with Gasteiger partial charge in [0.15, 0.2) is 11.5 Å². The first kappa shape index (κ1) is 13.7. The first-order valence-electron chi connectivity index (χ1n) is 7.62. The SMILES string of the molecule is CN1CCCC(NCc2ccc3c(c2)OCCCO3)C1. The topological polar surface area (TPSA) is 33.7 Å². The van der Waals surface area contributed by atoms with E-state index in [4.69, 9.17) is 9.47 Å². The molecule has 3 rings (SSSR count). The number of likely N-dealkylation sites (N-methyl/N-ethyl adjacent to an activating group) is 1. The van der Waals surface area contributed by atoms with Crippen molar-refractivity contribution in [3.05, 3.63) is 23.8 Å². The van der Waals surface area contributed by atoms with Gasteiger partial charge >= 0.3 is 0 Å². The number of piperidine rings is 1. The van der Waals surface area contributed by atoms with E-state index in [1.54, 1.807) is 0 Å². The highest BCUT2D eigenvalue weighted by Crippen LogP contribution is 2.30. The molecule has 110 valence electrons. The van der Waals surface area contributed by atoms with Crippen molar-refractivity contribution in [1.29, 1.82) is 0 Å². The van der Waals surface area contributed by atoms with E-state index in [1.165, 1.54) is 24.9 Å². The van der Waals surface area contributed by atoms with Crippen LogP contribution in [0.25, 0.3) is 0 Å². The van der Waals surface area contributed by atoms with Crippen molar-refractivity contribution in [2.45, 2.75) is 31.8 Å². The minimum atomic E-state index is 0.602. The normalized spacial score (nSPS) is 23.4. The van der Waals surface area contributed by atoms with Gasteiger partial charge in [-0.3, -0.25) is 0 Å². The summed E-state index contributed by atoms with van der Waals surface area (Å²) in [5.74, 6) is 1.77. The molecule has 1 fully saturated rings. The smallest absolute Gasteiger partial charge is 0.161 e. The van der Waals surface area contributed by atoms with Gasteiger partial charge in [0.05, 0.1) is 13.2 Å². The zero-order chi connectivity index (χ0) is 13.8. The summed E-state index contributed by atoms with van der Waals surface area (Å²) in [5.41, 5.74) is 1.27. The van der Waals surface area contributed by atoms with Crippen LogP contribution in [-0.2, 0) is 6.54 Å². The van der Waals surface area contributed by atoms with Crippen LogP contribution in [0.15, 0.2) is 18.2 Å². The third-order valence-electron chi connectivity index (χ3n) is 4.03. The first-order chi connectivity index (χ1) is 9.81.